The van der Waals surface area contributed by atoms with Gasteiger partial charge in [-0.05, 0) is 46.2 Å². The Morgan fingerprint density at radius 3 is 2.82 bits per heavy atom. The Balaban J connectivity index is 1.80. The van der Waals surface area contributed by atoms with Crippen LogP contribution in [0.5, 0.6) is 0 Å². The van der Waals surface area contributed by atoms with Gasteiger partial charge in [0.15, 0.2) is 0 Å². The first-order valence-electron chi connectivity index (χ1n) is 7.65. The molecule has 1 amide bonds. The van der Waals surface area contributed by atoms with E-state index in [0.29, 0.717) is 25.4 Å². The van der Waals surface area contributed by atoms with Crippen LogP contribution >= 0.6 is 0 Å². The maximum Gasteiger partial charge on any atom is 0.410 e. The summed E-state index contributed by atoms with van der Waals surface area (Å²) >= 11 is 0. The lowest BCUT2D eigenvalue weighted by Crippen LogP contribution is -2.43. The molecule has 0 radical (unpaired) electrons. The number of nitrogens with one attached hydrogen (secondary N) is 1. The van der Waals surface area contributed by atoms with E-state index in [1.165, 1.54) is 0 Å². The van der Waals surface area contributed by atoms with Crippen molar-refractivity contribution in [1.82, 2.24) is 10.2 Å². The highest BCUT2D eigenvalue weighted by molar-refractivity contribution is 5.68. The van der Waals surface area contributed by atoms with E-state index < -0.39 is 11.2 Å². The summed E-state index contributed by atoms with van der Waals surface area (Å²) in [6.45, 7) is 8.90. The van der Waals surface area contributed by atoms with Gasteiger partial charge >= 0.3 is 6.09 Å². The van der Waals surface area contributed by atoms with Crippen LogP contribution in [0.4, 0.5) is 4.79 Å². The number of likely N-dealkylation sites (tertiary alicyclic amines) is 1. The number of ether oxygens (including phenoxy) is 1. The molecule has 0 spiro atoms. The molecule has 1 aromatic heterocycles. The van der Waals surface area contributed by atoms with E-state index in [1.807, 2.05) is 20.8 Å². The number of hydrogen-bond donors (Lipinski definition) is 2. The normalized spacial score (nSPS) is 21.7. The summed E-state index contributed by atoms with van der Waals surface area (Å²) < 4.78 is 10.6. The molecule has 0 bridgehead atoms. The zero-order valence-corrected chi connectivity index (χ0v) is 13.8. The molecule has 0 aliphatic carbocycles. The first-order valence-corrected chi connectivity index (χ1v) is 7.65. The lowest BCUT2D eigenvalue weighted by Gasteiger charge is -2.25. The molecular formula is C16H26N2O4. The largest absolute Gasteiger partial charge is 0.466 e. The second-order valence-electron chi connectivity index (χ2n) is 7.04. The molecule has 2 rings (SSSR count). The van der Waals surface area contributed by atoms with Crippen LogP contribution in [0.25, 0.3) is 0 Å². The van der Waals surface area contributed by atoms with Crippen LogP contribution in [0, 0.1) is 0 Å². The molecule has 0 saturated carbocycles. The number of carbonyl (C=O) groups is 1. The SMILES string of the molecule is CC(C)(C)OC(=O)N1CC[C@@H](NC[C@@](C)(O)c2ccco2)C1. The highest BCUT2D eigenvalue weighted by Gasteiger charge is 2.32. The summed E-state index contributed by atoms with van der Waals surface area (Å²) in [4.78, 5) is 13.7. The van der Waals surface area contributed by atoms with Gasteiger partial charge in [0.2, 0.25) is 0 Å². The van der Waals surface area contributed by atoms with Crippen LogP contribution in [0.15, 0.2) is 22.8 Å². The number of carbonyl (C=O) groups excluding carboxylic acids is 1. The summed E-state index contributed by atoms with van der Waals surface area (Å²) in [5, 5.41) is 13.7. The Hall–Kier alpha value is -1.53. The van der Waals surface area contributed by atoms with E-state index in [9.17, 15) is 9.90 Å². The molecule has 1 aliphatic heterocycles. The molecule has 1 aromatic rings. The standard InChI is InChI=1S/C16H26N2O4/c1-15(2,3)22-14(19)18-8-7-12(10-18)17-11-16(4,20)13-6-5-9-21-13/h5-6,9,12,17,20H,7-8,10-11H2,1-4H3/t12-,16-/m1/s1. The molecule has 6 heteroatoms. The summed E-state index contributed by atoms with van der Waals surface area (Å²) in [6.07, 6.45) is 2.10. The predicted molar refractivity (Wildman–Crippen MR) is 82.5 cm³/mol. The zero-order chi connectivity index (χ0) is 16.4. The fraction of sp³-hybridized carbons (Fsp3) is 0.688. The topological polar surface area (TPSA) is 74.9 Å². The number of hydrogen-bond acceptors (Lipinski definition) is 5. The van der Waals surface area contributed by atoms with Crippen molar-refractivity contribution in [3.05, 3.63) is 24.2 Å². The van der Waals surface area contributed by atoms with Gasteiger partial charge in [-0.3, -0.25) is 0 Å². The number of amides is 1. The quantitative estimate of drug-likeness (QED) is 0.890. The van der Waals surface area contributed by atoms with Crippen molar-refractivity contribution in [2.24, 2.45) is 0 Å². The van der Waals surface area contributed by atoms with Crippen molar-refractivity contribution < 1.29 is 19.1 Å². The minimum absolute atomic E-state index is 0.147. The molecule has 1 aliphatic rings. The zero-order valence-electron chi connectivity index (χ0n) is 13.8. The van der Waals surface area contributed by atoms with Crippen molar-refractivity contribution in [2.75, 3.05) is 19.6 Å². The van der Waals surface area contributed by atoms with Crippen molar-refractivity contribution in [3.63, 3.8) is 0 Å². The van der Waals surface area contributed by atoms with Gasteiger partial charge < -0.3 is 24.5 Å². The number of furan rings is 1. The van der Waals surface area contributed by atoms with E-state index >= 15 is 0 Å². The monoisotopic (exact) mass is 310 g/mol. The van der Waals surface area contributed by atoms with Gasteiger partial charge in [0.25, 0.3) is 0 Å². The van der Waals surface area contributed by atoms with E-state index in [-0.39, 0.29) is 12.1 Å². The second kappa shape index (κ2) is 6.30. The smallest absolute Gasteiger partial charge is 0.410 e. The van der Waals surface area contributed by atoms with Crippen LogP contribution in [0.1, 0.15) is 39.9 Å². The maximum absolute atomic E-state index is 12.0. The van der Waals surface area contributed by atoms with Crippen molar-refractivity contribution >= 4 is 6.09 Å². The molecule has 124 valence electrons. The molecule has 22 heavy (non-hydrogen) atoms. The van der Waals surface area contributed by atoms with Gasteiger partial charge in [-0.15, -0.1) is 0 Å². The van der Waals surface area contributed by atoms with Crippen LogP contribution in [0.3, 0.4) is 0 Å². The highest BCUT2D eigenvalue weighted by atomic mass is 16.6. The van der Waals surface area contributed by atoms with Gasteiger partial charge in [0, 0.05) is 25.7 Å². The molecule has 6 nitrogen and oxygen atoms in total. The fourth-order valence-electron chi connectivity index (χ4n) is 2.43. The summed E-state index contributed by atoms with van der Waals surface area (Å²) in [6, 6.07) is 3.65. The molecule has 1 fully saturated rings. The lowest BCUT2D eigenvalue weighted by atomic mass is 10.0. The molecule has 0 aromatic carbocycles. The molecule has 2 heterocycles. The van der Waals surface area contributed by atoms with Crippen LogP contribution < -0.4 is 5.32 Å². The third-order valence-electron chi connectivity index (χ3n) is 3.63. The first kappa shape index (κ1) is 16.8. The van der Waals surface area contributed by atoms with E-state index in [0.717, 1.165) is 6.42 Å². The summed E-state index contributed by atoms with van der Waals surface area (Å²) in [5.41, 5.74) is -1.55. The number of aliphatic hydroxyl groups is 1. The minimum atomic E-state index is -1.07. The summed E-state index contributed by atoms with van der Waals surface area (Å²) in [5.74, 6) is 0.530. The molecule has 2 N–H and O–H groups in total. The number of nitrogens with zero attached hydrogens (tertiary/aromatic N) is 1. The van der Waals surface area contributed by atoms with Gasteiger partial charge in [-0.2, -0.15) is 0 Å². The minimum Gasteiger partial charge on any atom is -0.466 e. The van der Waals surface area contributed by atoms with E-state index in [2.05, 4.69) is 5.32 Å². The molecule has 2 atom stereocenters. The van der Waals surface area contributed by atoms with Crippen molar-refractivity contribution in [3.8, 4) is 0 Å². The third-order valence-corrected chi connectivity index (χ3v) is 3.63. The molecule has 0 unspecified atom stereocenters. The second-order valence-corrected chi connectivity index (χ2v) is 7.04. The maximum atomic E-state index is 12.0. The Bertz CT molecular complexity index is 491. The molecular weight excluding hydrogens is 284 g/mol. The first-order chi connectivity index (χ1) is 10.2. The van der Waals surface area contributed by atoms with Gasteiger partial charge in [-0.1, -0.05) is 0 Å². The third kappa shape index (κ3) is 4.48. The average molecular weight is 310 g/mol. The van der Waals surface area contributed by atoms with E-state index in [4.69, 9.17) is 9.15 Å². The fourth-order valence-corrected chi connectivity index (χ4v) is 2.43. The Morgan fingerprint density at radius 2 is 2.23 bits per heavy atom. The van der Waals surface area contributed by atoms with Crippen LogP contribution in [0.2, 0.25) is 0 Å². The molecule has 1 saturated heterocycles. The predicted octanol–water partition coefficient (Wildman–Crippen LogP) is 2.09. The Labute approximate surface area is 131 Å². The Kier molecular flexibility index (Phi) is 4.82. The van der Waals surface area contributed by atoms with Gasteiger partial charge in [0.05, 0.1) is 6.26 Å². The Morgan fingerprint density at radius 1 is 1.50 bits per heavy atom. The number of rotatable bonds is 4. The van der Waals surface area contributed by atoms with Gasteiger partial charge in [-0.25, -0.2) is 4.79 Å². The van der Waals surface area contributed by atoms with Crippen molar-refractivity contribution in [2.45, 2.75) is 51.4 Å². The summed E-state index contributed by atoms with van der Waals surface area (Å²) in [7, 11) is 0. The van der Waals surface area contributed by atoms with Crippen LogP contribution in [-0.4, -0.2) is 47.4 Å². The van der Waals surface area contributed by atoms with Gasteiger partial charge in [0.1, 0.15) is 17.0 Å². The van der Waals surface area contributed by atoms with Crippen LogP contribution in [-0.2, 0) is 10.3 Å². The van der Waals surface area contributed by atoms with E-state index in [1.54, 1.807) is 30.2 Å². The average Bonchev–Trinajstić information content (AvgIpc) is 3.06. The van der Waals surface area contributed by atoms with Crippen molar-refractivity contribution in [1.29, 1.82) is 0 Å². The lowest BCUT2D eigenvalue weighted by molar-refractivity contribution is 0.0268. The highest BCUT2D eigenvalue weighted by Crippen LogP contribution is 2.21.